The van der Waals surface area contributed by atoms with Crippen LogP contribution in [0, 0.1) is 5.92 Å². The summed E-state index contributed by atoms with van der Waals surface area (Å²) in [7, 11) is 0. The fraction of sp³-hybridized carbons (Fsp3) is 0.375. The van der Waals surface area contributed by atoms with E-state index in [1.165, 1.54) is 0 Å². The van der Waals surface area contributed by atoms with Crippen LogP contribution in [-0.2, 0) is 0 Å². The molecule has 106 valence electrons. The third kappa shape index (κ3) is 3.26. The van der Waals surface area contributed by atoms with Crippen LogP contribution in [0.4, 0.5) is 5.82 Å². The van der Waals surface area contributed by atoms with Crippen molar-refractivity contribution in [2.75, 3.05) is 12.3 Å². The van der Waals surface area contributed by atoms with Crippen LogP contribution < -0.4 is 11.1 Å². The van der Waals surface area contributed by atoms with E-state index in [0.29, 0.717) is 23.8 Å². The van der Waals surface area contributed by atoms with Crippen LogP contribution >= 0.6 is 0 Å². The van der Waals surface area contributed by atoms with Gasteiger partial charge in [0.15, 0.2) is 0 Å². The van der Waals surface area contributed by atoms with Gasteiger partial charge in [-0.25, -0.2) is 4.98 Å². The molecule has 2 aromatic rings. The number of rotatable bonds is 5. The van der Waals surface area contributed by atoms with Crippen molar-refractivity contribution in [1.82, 2.24) is 10.3 Å². The third-order valence-corrected chi connectivity index (χ3v) is 3.31. The average Bonchev–Trinajstić information content (AvgIpc) is 2.44. The molecule has 0 aliphatic heterocycles. The normalized spacial score (nSPS) is 10.9. The standard InChI is InChI=1S/C16H21N3O/c1-11(2)6-5-9-18-16(20)14-10-19-15(17)13-8-4-3-7-12(13)14/h3-4,7-8,10-11H,5-6,9H2,1-2H3,(H2,17,19)(H,18,20). The second kappa shape index (κ2) is 6.37. The van der Waals surface area contributed by atoms with E-state index in [1.54, 1.807) is 6.20 Å². The van der Waals surface area contributed by atoms with Crippen molar-refractivity contribution in [1.29, 1.82) is 0 Å². The number of nitrogens with two attached hydrogens (primary N) is 1. The number of benzene rings is 1. The Bertz CT molecular complexity index is 608. The first-order valence-electron chi connectivity index (χ1n) is 7.01. The molecule has 0 unspecified atom stereocenters. The van der Waals surface area contributed by atoms with Gasteiger partial charge in [-0.2, -0.15) is 0 Å². The van der Waals surface area contributed by atoms with E-state index >= 15 is 0 Å². The number of nitrogens with one attached hydrogen (secondary N) is 1. The smallest absolute Gasteiger partial charge is 0.253 e. The zero-order valence-corrected chi connectivity index (χ0v) is 12.0. The molecule has 0 atom stereocenters. The van der Waals surface area contributed by atoms with E-state index in [1.807, 2.05) is 24.3 Å². The molecule has 1 aromatic carbocycles. The molecule has 0 aliphatic rings. The molecule has 0 bridgehead atoms. The van der Waals surface area contributed by atoms with Crippen molar-refractivity contribution in [2.45, 2.75) is 26.7 Å². The SMILES string of the molecule is CC(C)CCCNC(=O)c1cnc(N)c2ccccc12. The van der Waals surface area contributed by atoms with Crippen molar-refractivity contribution in [3.05, 3.63) is 36.0 Å². The predicted octanol–water partition coefficient (Wildman–Crippen LogP) is 2.98. The monoisotopic (exact) mass is 271 g/mol. The Kier molecular flexibility index (Phi) is 4.56. The Morgan fingerprint density at radius 3 is 2.70 bits per heavy atom. The minimum atomic E-state index is -0.0857. The highest BCUT2D eigenvalue weighted by Crippen LogP contribution is 2.22. The van der Waals surface area contributed by atoms with Crippen molar-refractivity contribution in [3.8, 4) is 0 Å². The molecule has 0 fully saturated rings. The molecule has 1 amide bonds. The summed E-state index contributed by atoms with van der Waals surface area (Å²) in [6, 6.07) is 7.58. The van der Waals surface area contributed by atoms with Crippen molar-refractivity contribution < 1.29 is 4.79 Å². The molecule has 3 N–H and O–H groups in total. The van der Waals surface area contributed by atoms with Crippen molar-refractivity contribution in [2.24, 2.45) is 5.92 Å². The number of anilines is 1. The number of nitrogen functional groups attached to an aromatic ring is 1. The Morgan fingerprint density at radius 2 is 2.00 bits per heavy atom. The van der Waals surface area contributed by atoms with Gasteiger partial charge in [0.2, 0.25) is 0 Å². The summed E-state index contributed by atoms with van der Waals surface area (Å²) in [5, 5.41) is 4.62. The first-order chi connectivity index (χ1) is 9.59. The molecule has 0 saturated carbocycles. The minimum absolute atomic E-state index is 0.0857. The van der Waals surface area contributed by atoms with Gasteiger partial charge in [-0.15, -0.1) is 0 Å². The summed E-state index contributed by atoms with van der Waals surface area (Å²) in [5.41, 5.74) is 6.42. The molecule has 20 heavy (non-hydrogen) atoms. The maximum absolute atomic E-state index is 12.2. The Balaban J connectivity index is 2.12. The molecule has 4 nitrogen and oxygen atoms in total. The van der Waals surface area contributed by atoms with E-state index < -0.39 is 0 Å². The van der Waals surface area contributed by atoms with Gasteiger partial charge >= 0.3 is 0 Å². The molecule has 4 heteroatoms. The molecule has 1 aromatic heterocycles. The number of nitrogens with zero attached hydrogens (tertiary/aromatic N) is 1. The van der Waals surface area contributed by atoms with Crippen molar-refractivity contribution >= 4 is 22.5 Å². The number of carbonyl (C=O) groups excluding carboxylic acids is 1. The number of pyridine rings is 1. The van der Waals surface area contributed by atoms with Crippen LogP contribution in [0.3, 0.4) is 0 Å². The number of amides is 1. The number of carbonyl (C=O) groups is 1. The largest absolute Gasteiger partial charge is 0.383 e. The molecule has 0 aliphatic carbocycles. The highest BCUT2D eigenvalue weighted by Gasteiger charge is 2.11. The topological polar surface area (TPSA) is 68.0 Å². The highest BCUT2D eigenvalue weighted by atomic mass is 16.1. The van der Waals surface area contributed by atoms with Crippen LogP contribution in [0.15, 0.2) is 30.5 Å². The van der Waals surface area contributed by atoms with Gasteiger partial charge in [0.1, 0.15) is 5.82 Å². The first-order valence-corrected chi connectivity index (χ1v) is 7.01. The molecular weight excluding hydrogens is 250 g/mol. The quantitative estimate of drug-likeness (QED) is 0.821. The molecular formula is C16H21N3O. The first kappa shape index (κ1) is 14.3. The fourth-order valence-electron chi connectivity index (χ4n) is 2.20. The van der Waals surface area contributed by atoms with E-state index in [9.17, 15) is 4.79 Å². The summed E-state index contributed by atoms with van der Waals surface area (Å²) >= 11 is 0. The van der Waals surface area contributed by atoms with E-state index in [0.717, 1.165) is 23.6 Å². The Hall–Kier alpha value is -2.10. The molecule has 0 spiro atoms. The molecule has 2 rings (SSSR count). The second-order valence-electron chi connectivity index (χ2n) is 5.39. The van der Waals surface area contributed by atoms with Crippen LogP contribution in [0.25, 0.3) is 10.8 Å². The minimum Gasteiger partial charge on any atom is -0.383 e. The van der Waals surface area contributed by atoms with E-state index in [-0.39, 0.29) is 5.91 Å². The summed E-state index contributed by atoms with van der Waals surface area (Å²) in [5.74, 6) is 1.03. The number of aromatic nitrogens is 1. The Morgan fingerprint density at radius 1 is 1.30 bits per heavy atom. The predicted molar refractivity (Wildman–Crippen MR) is 82.6 cm³/mol. The van der Waals surface area contributed by atoms with Gasteiger partial charge in [-0.1, -0.05) is 38.1 Å². The Labute approximate surface area is 119 Å². The van der Waals surface area contributed by atoms with Crippen LogP contribution in [0.5, 0.6) is 0 Å². The van der Waals surface area contributed by atoms with Crippen molar-refractivity contribution in [3.63, 3.8) is 0 Å². The van der Waals surface area contributed by atoms with Gasteiger partial charge in [-0.05, 0) is 24.1 Å². The van der Waals surface area contributed by atoms with Gasteiger partial charge in [0.05, 0.1) is 5.56 Å². The van der Waals surface area contributed by atoms with Crippen LogP contribution in [-0.4, -0.2) is 17.4 Å². The molecule has 0 saturated heterocycles. The van der Waals surface area contributed by atoms with Gasteiger partial charge in [0.25, 0.3) is 5.91 Å². The lowest BCUT2D eigenvalue weighted by atomic mass is 10.1. The third-order valence-electron chi connectivity index (χ3n) is 3.31. The van der Waals surface area contributed by atoms with Crippen LogP contribution in [0.2, 0.25) is 0 Å². The number of hydrogen-bond donors (Lipinski definition) is 2. The maximum atomic E-state index is 12.2. The van der Waals surface area contributed by atoms with E-state index in [4.69, 9.17) is 5.73 Å². The zero-order valence-electron chi connectivity index (χ0n) is 12.0. The molecule has 0 radical (unpaired) electrons. The lowest BCUT2D eigenvalue weighted by Gasteiger charge is -2.09. The molecule has 1 heterocycles. The highest BCUT2D eigenvalue weighted by molar-refractivity contribution is 6.08. The van der Waals surface area contributed by atoms with Gasteiger partial charge in [0, 0.05) is 18.1 Å². The van der Waals surface area contributed by atoms with Crippen LogP contribution in [0.1, 0.15) is 37.0 Å². The number of hydrogen-bond acceptors (Lipinski definition) is 3. The lowest BCUT2D eigenvalue weighted by molar-refractivity contribution is 0.0954. The maximum Gasteiger partial charge on any atom is 0.253 e. The number of fused-ring (bicyclic) bond motifs is 1. The summed E-state index contributed by atoms with van der Waals surface area (Å²) in [6.45, 7) is 5.05. The summed E-state index contributed by atoms with van der Waals surface area (Å²) < 4.78 is 0. The summed E-state index contributed by atoms with van der Waals surface area (Å²) in [6.07, 6.45) is 3.65. The fourth-order valence-corrected chi connectivity index (χ4v) is 2.20. The summed E-state index contributed by atoms with van der Waals surface area (Å²) in [4.78, 5) is 16.3. The second-order valence-corrected chi connectivity index (χ2v) is 5.39. The lowest BCUT2D eigenvalue weighted by Crippen LogP contribution is -2.25. The van der Waals surface area contributed by atoms with E-state index in [2.05, 4.69) is 24.1 Å². The van der Waals surface area contributed by atoms with Gasteiger partial charge < -0.3 is 11.1 Å². The van der Waals surface area contributed by atoms with Gasteiger partial charge in [-0.3, -0.25) is 4.79 Å². The average molecular weight is 271 g/mol. The zero-order chi connectivity index (χ0) is 14.5.